The number of benzene rings is 1. The molecular weight excluding hydrogens is 250 g/mol. The molecule has 0 radical (unpaired) electrons. The van der Waals surface area contributed by atoms with Crippen molar-refractivity contribution in [2.45, 2.75) is 33.1 Å². The van der Waals surface area contributed by atoms with Crippen LogP contribution in [0.2, 0.25) is 0 Å². The zero-order chi connectivity index (χ0) is 14.7. The van der Waals surface area contributed by atoms with E-state index in [0.29, 0.717) is 23.8 Å². The molecule has 0 amide bonds. The molecule has 2 rings (SSSR count). The number of anilines is 1. The maximum absolute atomic E-state index is 5.93. The van der Waals surface area contributed by atoms with Crippen molar-refractivity contribution in [2.75, 3.05) is 12.8 Å². The van der Waals surface area contributed by atoms with E-state index in [1.807, 2.05) is 31.2 Å². The summed E-state index contributed by atoms with van der Waals surface area (Å²) in [6, 6.07) is 7.83. The van der Waals surface area contributed by atoms with E-state index >= 15 is 0 Å². The van der Waals surface area contributed by atoms with E-state index in [1.165, 1.54) is 0 Å². The van der Waals surface area contributed by atoms with Gasteiger partial charge >= 0.3 is 0 Å². The van der Waals surface area contributed by atoms with E-state index < -0.39 is 0 Å². The van der Waals surface area contributed by atoms with Crippen molar-refractivity contribution in [1.82, 2.24) is 9.97 Å². The molecule has 2 N–H and O–H groups in total. The van der Waals surface area contributed by atoms with Crippen LogP contribution >= 0.6 is 0 Å². The third-order valence-corrected chi connectivity index (χ3v) is 3.17. The number of nitrogens with zero attached hydrogens (tertiary/aromatic N) is 2. The number of aromatic nitrogens is 2. The Balaban J connectivity index is 2.27. The molecule has 0 aliphatic heterocycles. The van der Waals surface area contributed by atoms with Gasteiger partial charge in [0.15, 0.2) is 0 Å². The summed E-state index contributed by atoms with van der Waals surface area (Å²) in [5, 5.41) is 0. The molecule has 0 saturated carbocycles. The standard InChI is InChI=1S/C16H21N3O/c1-10(2)14-7-11(3)18-16(19-14)9-12-5-6-15(20-4)13(17)8-12/h5-8,10H,9,17H2,1-4H3. The number of hydrogen-bond donors (Lipinski definition) is 1. The van der Waals surface area contributed by atoms with Gasteiger partial charge in [0.2, 0.25) is 0 Å². The number of nitrogens with two attached hydrogens (primary N) is 1. The van der Waals surface area contributed by atoms with Crippen LogP contribution in [0.3, 0.4) is 0 Å². The molecule has 0 atom stereocenters. The summed E-state index contributed by atoms with van der Waals surface area (Å²) >= 11 is 0. The van der Waals surface area contributed by atoms with Gasteiger partial charge in [-0.15, -0.1) is 0 Å². The van der Waals surface area contributed by atoms with E-state index in [1.54, 1.807) is 7.11 Å². The Labute approximate surface area is 120 Å². The molecule has 0 saturated heterocycles. The van der Waals surface area contributed by atoms with Gasteiger partial charge in [0.25, 0.3) is 0 Å². The van der Waals surface area contributed by atoms with Gasteiger partial charge in [0, 0.05) is 17.8 Å². The van der Waals surface area contributed by atoms with Gasteiger partial charge in [-0.2, -0.15) is 0 Å². The second kappa shape index (κ2) is 5.90. The molecule has 1 aromatic carbocycles. The Morgan fingerprint density at radius 3 is 2.55 bits per heavy atom. The minimum Gasteiger partial charge on any atom is -0.495 e. The zero-order valence-corrected chi connectivity index (χ0v) is 12.5. The van der Waals surface area contributed by atoms with Crippen LogP contribution in [0.1, 0.15) is 42.5 Å². The molecule has 1 heterocycles. The fourth-order valence-electron chi connectivity index (χ4n) is 2.11. The quantitative estimate of drug-likeness (QED) is 0.868. The number of ether oxygens (including phenoxy) is 1. The van der Waals surface area contributed by atoms with Crippen molar-refractivity contribution in [3.63, 3.8) is 0 Å². The molecule has 106 valence electrons. The molecule has 0 aliphatic rings. The minimum absolute atomic E-state index is 0.399. The lowest BCUT2D eigenvalue weighted by Gasteiger charge is -2.10. The molecular formula is C16H21N3O. The van der Waals surface area contributed by atoms with Crippen molar-refractivity contribution in [3.8, 4) is 5.75 Å². The topological polar surface area (TPSA) is 61.0 Å². The summed E-state index contributed by atoms with van der Waals surface area (Å²) in [7, 11) is 1.62. The van der Waals surface area contributed by atoms with Crippen molar-refractivity contribution in [1.29, 1.82) is 0 Å². The third-order valence-electron chi connectivity index (χ3n) is 3.17. The fraction of sp³-hybridized carbons (Fsp3) is 0.375. The normalized spacial score (nSPS) is 10.8. The molecule has 0 spiro atoms. The van der Waals surface area contributed by atoms with Gasteiger partial charge in [-0.25, -0.2) is 9.97 Å². The van der Waals surface area contributed by atoms with Crippen LogP contribution in [0, 0.1) is 6.92 Å². The maximum Gasteiger partial charge on any atom is 0.141 e. The van der Waals surface area contributed by atoms with Gasteiger partial charge in [0.1, 0.15) is 11.6 Å². The summed E-state index contributed by atoms with van der Waals surface area (Å²) < 4.78 is 5.16. The van der Waals surface area contributed by atoms with Crippen LogP contribution < -0.4 is 10.5 Å². The summed E-state index contributed by atoms with van der Waals surface area (Å²) in [6.45, 7) is 6.27. The number of aryl methyl sites for hydroxylation is 1. The predicted molar refractivity (Wildman–Crippen MR) is 81.1 cm³/mol. The highest BCUT2D eigenvalue weighted by Crippen LogP contribution is 2.23. The highest BCUT2D eigenvalue weighted by molar-refractivity contribution is 5.54. The molecule has 0 unspecified atom stereocenters. The van der Waals surface area contributed by atoms with Crippen LogP contribution in [-0.4, -0.2) is 17.1 Å². The third kappa shape index (κ3) is 3.26. The van der Waals surface area contributed by atoms with Gasteiger partial charge in [-0.3, -0.25) is 0 Å². The van der Waals surface area contributed by atoms with Crippen LogP contribution in [0.4, 0.5) is 5.69 Å². The van der Waals surface area contributed by atoms with Crippen LogP contribution in [-0.2, 0) is 6.42 Å². The SMILES string of the molecule is COc1ccc(Cc2nc(C)cc(C(C)C)n2)cc1N. The smallest absolute Gasteiger partial charge is 0.141 e. The van der Waals surface area contributed by atoms with Crippen molar-refractivity contribution >= 4 is 5.69 Å². The summed E-state index contributed by atoms with van der Waals surface area (Å²) in [5.74, 6) is 1.93. The monoisotopic (exact) mass is 271 g/mol. The first-order valence-corrected chi connectivity index (χ1v) is 6.76. The Kier molecular flexibility index (Phi) is 4.23. The van der Waals surface area contributed by atoms with E-state index in [2.05, 4.69) is 23.8 Å². The van der Waals surface area contributed by atoms with E-state index in [9.17, 15) is 0 Å². The highest BCUT2D eigenvalue weighted by atomic mass is 16.5. The van der Waals surface area contributed by atoms with Gasteiger partial charge in [-0.1, -0.05) is 19.9 Å². The molecule has 0 aliphatic carbocycles. The molecule has 4 heteroatoms. The first-order chi connectivity index (χ1) is 9.49. The Bertz CT molecular complexity index is 609. The average Bonchev–Trinajstić information content (AvgIpc) is 2.38. The number of methoxy groups -OCH3 is 1. The van der Waals surface area contributed by atoms with Gasteiger partial charge in [0.05, 0.1) is 12.8 Å². The van der Waals surface area contributed by atoms with Crippen molar-refractivity contribution < 1.29 is 4.74 Å². The number of rotatable bonds is 4. The van der Waals surface area contributed by atoms with Crippen molar-refractivity contribution in [2.24, 2.45) is 0 Å². The summed E-state index contributed by atoms with van der Waals surface area (Å²) in [5.41, 5.74) is 9.73. The lowest BCUT2D eigenvalue weighted by atomic mass is 10.1. The second-order valence-corrected chi connectivity index (χ2v) is 5.26. The number of nitrogen functional groups attached to an aromatic ring is 1. The summed E-state index contributed by atoms with van der Waals surface area (Å²) in [4.78, 5) is 9.12. The van der Waals surface area contributed by atoms with Crippen LogP contribution in [0.5, 0.6) is 5.75 Å². The summed E-state index contributed by atoms with van der Waals surface area (Å²) in [6.07, 6.45) is 0.676. The molecule has 1 aromatic heterocycles. The van der Waals surface area contributed by atoms with E-state index in [-0.39, 0.29) is 0 Å². The van der Waals surface area contributed by atoms with Gasteiger partial charge in [-0.05, 0) is 36.6 Å². The average molecular weight is 271 g/mol. The first-order valence-electron chi connectivity index (χ1n) is 6.76. The zero-order valence-electron chi connectivity index (χ0n) is 12.5. The minimum atomic E-state index is 0.399. The number of hydrogen-bond acceptors (Lipinski definition) is 4. The Hall–Kier alpha value is -2.10. The fourth-order valence-corrected chi connectivity index (χ4v) is 2.11. The van der Waals surface area contributed by atoms with E-state index in [4.69, 9.17) is 10.5 Å². The largest absolute Gasteiger partial charge is 0.495 e. The van der Waals surface area contributed by atoms with E-state index in [0.717, 1.165) is 22.8 Å². The van der Waals surface area contributed by atoms with Crippen molar-refractivity contribution in [3.05, 3.63) is 47.0 Å². The predicted octanol–water partition coefficient (Wildman–Crippen LogP) is 3.09. The second-order valence-electron chi connectivity index (χ2n) is 5.26. The maximum atomic E-state index is 5.93. The molecule has 20 heavy (non-hydrogen) atoms. The van der Waals surface area contributed by atoms with Crippen LogP contribution in [0.25, 0.3) is 0 Å². The molecule has 4 nitrogen and oxygen atoms in total. The Morgan fingerprint density at radius 2 is 1.95 bits per heavy atom. The van der Waals surface area contributed by atoms with Gasteiger partial charge < -0.3 is 10.5 Å². The lowest BCUT2D eigenvalue weighted by Crippen LogP contribution is -2.04. The van der Waals surface area contributed by atoms with Crippen LogP contribution in [0.15, 0.2) is 24.3 Å². The first kappa shape index (κ1) is 14.3. The lowest BCUT2D eigenvalue weighted by molar-refractivity contribution is 0.417. The highest BCUT2D eigenvalue weighted by Gasteiger charge is 2.08. The molecule has 0 bridgehead atoms. The molecule has 0 fully saturated rings. The Morgan fingerprint density at radius 1 is 1.20 bits per heavy atom. The molecule has 2 aromatic rings.